The zero-order chi connectivity index (χ0) is 24.9. The van der Waals surface area contributed by atoms with Crippen molar-refractivity contribution in [2.24, 2.45) is 5.92 Å². The van der Waals surface area contributed by atoms with E-state index in [1.807, 2.05) is 0 Å². The van der Waals surface area contributed by atoms with Crippen molar-refractivity contribution in [2.75, 3.05) is 5.32 Å². The van der Waals surface area contributed by atoms with E-state index in [1.165, 1.54) is 49.6 Å². The minimum atomic E-state index is -4.19. The quantitative estimate of drug-likeness (QED) is 0.418. The fraction of sp³-hybridized carbons (Fsp3) is 0.250. The van der Waals surface area contributed by atoms with E-state index in [1.54, 1.807) is 36.9 Å². The lowest BCUT2D eigenvalue weighted by molar-refractivity contribution is -0.136. The summed E-state index contributed by atoms with van der Waals surface area (Å²) in [6.07, 6.45) is 1.52. The number of rotatable bonds is 9. The summed E-state index contributed by atoms with van der Waals surface area (Å²) in [7, 11) is -4.19. The molecule has 0 atom stereocenters. The van der Waals surface area contributed by atoms with Gasteiger partial charge in [0.2, 0.25) is 11.8 Å². The Hall–Kier alpha value is -3.30. The van der Waals surface area contributed by atoms with Crippen molar-refractivity contribution < 1.29 is 26.6 Å². The average Bonchev–Trinajstić information content (AvgIpc) is 3.27. The fourth-order valence-electron chi connectivity index (χ4n) is 3.20. The van der Waals surface area contributed by atoms with Crippen molar-refractivity contribution in [2.45, 2.75) is 38.8 Å². The van der Waals surface area contributed by atoms with Crippen molar-refractivity contribution in [3.05, 3.63) is 77.2 Å². The molecule has 10 heteroatoms. The highest BCUT2D eigenvalue weighted by atomic mass is 35.5. The molecule has 180 valence electrons. The number of hydrogen-bond acceptors (Lipinski definition) is 6. The summed E-state index contributed by atoms with van der Waals surface area (Å²) in [5, 5.41) is 2.94. The van der Waals surface area contributed by atoms with Crippen LogP contribution in [0.25, 0.3) is 0 Å². The Morgan fingerprint density at radius 2 is 1.79 bits per heavy atom. The standard InChI is InChI=1S/C24H25ClN2O6S/c1-16(2)24(29)27(15-21-5-4-12-32-21)14-18-13-19(25)6-11-23(18)33-34(30,31)22-9-7-20(8-10-22)26-17(3)28/h4-13,16H,14-15H2,1-3H3,(H,26,28). The molecule has 1 aromatic heterocycles. The van der Waals surface area contributed by atoms with Crippen LogP contribution in [0.4, 0.5) is 5.69 Å². The number of benzene rings is 2. The zero-order valence-corrected chi connectivity index (χ0v) is 20.5. The summed E-state index contributed by atoms with van der Waals surface area (Å²) in [4.78, 5) is 25.5. The van der Waals surface area contributed by atoms with E-state index in [-0.39, 0.29) is 41.5 Å². The maximum atomic E-state index is 12.9. The van der Waals surface area contributed by atoms with Crippen molar-refractivity contribution in [3.8, 4) is 5.75 Å². The Bertz CT molecular complexity index is 1260. The molecular formula is C24H25ClN2O6S. The van der Waals surface area contributed by atoms with E-state index < -0.39 is 10.1 Å². The molecule has 3 aromatic rings. The zero-order valence-electron chi connectivity index (χ0n) is 18.9. The van der Waals surface area contributed by atoms with E-state index in [0.29, 0.717) is 22.0 Å². The van der Waals surface area contributed by atoms with Gasteiger partial charge in [0.15, 0.2) is 0 Å². The summed E-state index contributed by atoms with van der Waals surface area (Å²) < 4.78 is 36.7. The van der Waals surface area contributed by atoms with E-state index in [4.69, 9.17) is 20.2 Å². The number of hydrogen-bond donors (Lipinski definition) is 1. The summed E-state index contributed by atoms with van der Waals surface area (Å²) in [5.74, 6) is -0.0578. The van der Waals surface area contributed by atoms with Crippen LogP contribution in [0.5, 0.6) is 5.75 Å². The van der Waals surface area contributed by atoms with Gasteiger partial charge in [-0.1, -0.05) is 25.4 Å². The number of nitrogens with one attached hydrogen (secondary N) is 1. The van der Waals surface area contributed by atoms with Gasteiger partial charge in [0.1, 0.15) is 16.4 Å². The van der Waals surface area contributed by atoms with Gasteiger partial charge < -0.3 is 18.8 Å². The molecule has 1 heterocycles. The van der Waals surface area contributed by atoms with Crippen molar-refractivity contribution >= 4 is 39.2 Å². The average molecular weight is 505 g/mol. The minimum absolute atomic E-state index is 0.0522. The van der Waals surface area contributed by atoms with Gasteiger partial charge in [0, 0.05) is 35.7 Å². The molecule has 0 fully saturated rings. The molecule has 0 saturated carbocycles. The molecule has 34 heavy (non-hydrogen) atoms. The monoisotopic (exact) mass is 504 g/mol. The number of carbonyl (C=O) groups excluding carboxylic acids is 2. The van der Waals surface area contributed by atoms with Gasteiger partial charge in [0.25, 0.3) is 0 Å². The van der Waals surface area contributed by atoms with Gasteiger partial charge >= 0.3 is 10.1 Å². The van der Waals surface area contributed by atoms with E-state index >= 15 is 0 Å². The second-order valence-electron chi connectivity index (χ2n) is 7.92. The number of nitrogens with zero attached hydrogens (tertiary/aromatic N) is 1. The van der Waals surface area contributed by atoms with Crippen LogP contribution in [-0.2, 0) is 32.8 Å². The second kappa shape index (κ2) is 10.8. The Kier molecular flexibility index (Phi) is 8.01. The molecule has 0 saturated heterocycles. The molecule has 3 rings (SSSR count). The summed E-state index contributed by atoms with van der Waals surface area (Å²) in [6, 6.07) is 13.6. The third-order valence-corrected chi connectivity index (χ3v) is 6.26. The number of halogens is 1. The smallest absolute Gasteiger partial charge is 0.339 e. The first-order valence-corrected chi connectivity index (χ1v) is 12.3. The fourth-order valence-corrected chi connectivity index (χ4v) is 4.36. The first-order valence-electron chi connectivity index (χ1n) is 10.5. The van der Waals surface area contributed by atoms with Crippen LogP contribution >= 0.6 is 11.6 Å². The third-order valence-electron chi connectivity index (χ3n) is 4.78. The lowest BCUT2D eigenvalue weighted by Crippen LogP contribution is -2.33. The summed E-state index contributed by atoms with van der Waals surface area (Å²) in [6.45, 7) is 5.18. The number of carbonyl (C=O) groups is 2. The molecule has 0 unspecified atom stereocenters. The first kappa shape index (κ1) is 25.3. The highest BCUT2D eigenvalue weighted by molar-refractivity contribution is 7.87. The molecular weight excluding hydrogens is 480 g/mol. The molecule has 0 aliphatic rings. The van der Waals surface area contributed by atoms with Crippen LogP contribution < -0.4 is 9.50 Å². The molecule has 0 bridgehead atoms. The van der Waals surface area contributed by atoms with Gasteiger partial charge in [-0.05, 0) is 54.6 Å². The minimum Gasteiger partial charge on any atom is -0.467 e. The topological polar surface area (TPSA) is 106 Å². The highest BCUT2D eigenvalue weighted by Crippen LogP contribution is 2.29. The molecule has 2 aromatic carbocycles. The van der Waals surface area contributed by atoms with Crippen LogP contribution in [0.2, 0.25) is 5.02 Å². The molecule has 0 aliphatic heterocycles. The molecule has 0 radical (unpaired) electrons. The van der Waals surface area contributed by atoms with Crippen molar-refractivity contribution in [3.63, 3.8) is 0 Å². The van der Waals surface area contributed by atoms with Crippen molar-refractivity contribution in [1.29, 1.82) is 0 Å². The molecule has 1 N–H and O–H groups in total. The highest BCUT2D eigenvalue weighted by Gasteiger charge is 2.23. The number of amides is 2. The molecule has 8 nitrogen and oxygen atoms in total. The van der Waals surface area contributed by atoms with Crippen LogP contribution in [0.3, 0.4) is 0 Å². The Balaban J connectivity index is 1.88. The summed E-state index contributed by atoms with van der Waals surface area (Å²) in [5.41, 5.74) is 0.880. The van der Waals surface area contributed by atoms with Gasteiger partial charge in [-0.15, -0.1) is 0 Å². The van der Waals surface area contributed by atoms with Crippen molar-refractivity contribution in [1.82, 2.24) is 4.90 Å². The van der Waals surface area contributed by atoms with E-state index in [2.05, 4.69) is 5.32 Å². The normalized spacial score (nSPS) is 11.3. The predicted molar refractivity (Wildman–Crippen MR) is 128 cm³/mol. The van der Waals surface area contributed by atoms with Gasteiger partial charge in [-0.2, -0.15) is 8.42 Å². The molecule has 2 amide bonds. The second-order valence-corrected chi connectivity index (χ2v) is 9.91. The van der Waals surface area contributed by atoms with Crippen LogP contribution in [0.15, 0.2) is 70.2 Å². The van der Waals surface area contributed by atoms with E-state index in [0.717, 1.165) is 0 Å². The van der Waals surface area contributed by atoms with Crippen LogP contribution in [0, 0.1) is 5.92 Å². The Morgan fingerprint density at radius 1 is 1.09 bits per heavy atom. The van der Waals surface area contributed by atoms with Crippen LogP contribution in [-0.4, -0.2) is 25.1 Å². The Morgan fingerprint density at radius 3 is 2.38 bits per heavy atom. The first-order chi connectivity index (χ1) is 16.0. The van der Waals surface area contributed by atoms with Gasteiger partial charge in [0.05, 0.1) is 12.8 Å². The number of furan rings is 1. The summed E-state index contributed by atoms with van der Waals surface area (Å²) >= 11 is 6.17. The lowest BCUT2D eigenvalue weighted by atomic mass is 10.1. The predicted octanol–water partition coefficient (Wildman–Crippen LogP) is 4.84. The third kappa shape index (κ3) is 6.61. The Labute approximate surface area is 203 Å². The largest absolute Gasteiger partial charge is 0.467 e. The van der Waals surface area contributed by atoms with Crippen LogP contribution in [0.1, 0.15) is 32.1 Å². The van der Waals surface area contributed by atoms with E-state index in [9.17, 15) is 18.0 Å². The SMILES string of the molecule is CC(=O)Nc1ccc(S(=O)(=O)Oc2ccc(Cl)cc2CN(Cc2ccco2)C(=O)C(C)C)cc1. The van der Waals surface area contributed by atoms with Gasteiger partial charge in [-0.3, -0.25) is 9.59 Å². The lowest BCUT2D eigenvalue weighted by Gasteiger charge is -2.25. The molecule has 0 aliphatic carbocycles. The maximum Gasteiger partial charge on any atom is 0.339 e. The maximum absolute atomic E-state index is 12.9. The van der Waals surface area contributed by atoms with Gasteiger partial charge in [-0.25, -0.2) is 0 Å². The molecule has 0 spiro atoms. The number of anilines is 1.